The van der Waals surface area contributed by atoms with E-state index in [2.05, 4.69) is 15.2 Å². The van der Waals surface area contributed by atoms with E-state index in [9.17, 15) is 14.7 Å². The molecule has 1 aliphatic rings. The Morgan fingerprint density at radius 3 is 2.61 bits per heavy atom. The molecule has 0 radical (unpaired) electrons. The van der Waals surface area contributed by atoms with E-state index in [4.69, 9.17) is 34.8 Å². The molecular formula is C28H18Cl3N5O3S2. The number of pyridine rings is 1. The summed E-state index contributed by atoms with van der Waals surface area (Å²) < 4.78 is 2.24. The predicted octanol–water partition coefficient (Wildman–Crippen LogP) is 7.37. The van der Waals surface area contributed by atoms with Gasteiger partial charge in [0.2, 0.25) is 5.13 Å². The number of aryl methyl sites for hydroxylation is 1. The number of benzene rings is 2. The summed E-state index contributed by atoms with van der Waals surface area (Å²) >= 11 is 21.2. The van der Waals surface area contributed by atoms with E-state index in [-0.39, 0.29) is 16.5 Å². The number of amides is 1. The number of aromatic nitrogens is 4. The fraction of sp³-hybridized carbons (Fsp3) is 0.107. The number of aliphatic hydroxyl groups is 1. The molecule has 5 aromatic rings. The fourth-order valence-electron chi connectivity index (χ4n) is 4.68. The predicted molar refractivity (Wildman–Crippen MR) is 162 cm³/mol. The number of rotatable bonds is 6. The number of carbonyl (C=O) groups is 2. The van der Waals surface area contributed by atoms with Crippen molar-refractivity contribution in [2.45, 2.75) is 23.1 Å². The van der Waals surface area contributed by atoms with Crippen molar-refractivity contribution in [3.05, 3.63) is 110 Å². The molecule has 6 rings (SSSR count). The van der Waals surface area contributed by atoms with Crippen LogP contribution in [0.3, 0.4) is 0 Å². The van der Waals surface area contributed by atoms with Gasteiger partial charge in [-0.15, -0.1) is 10.2 Å². The van der Waals surface area contributed by atoms with Gasteiger partial charge in [-0.05, 0) is 54.4 Å². The molecule has 41 heavy (non-hydrogen) atoms. The number of carbonyl (C=O) groups excluding carboxylic acids is 2. The Morgan fingerprint density at radius 1 is 1.02 bits per heavy atom. The van der Waals surface area contributed by atoms with E-state index in [0.29, 0.717) is 47.8 Å². The van der Waals surface area contributed by atoms with Crippen LogP contribution < -0.4 is 4.90 Å². The molecule has 0 aliphatic carbocycles. The number of aliphatic hydroxyl groups excluding tert-OH is 1. The van der Waals surface area contributed by atoms with Crippen molar-refractivity contribution in [1.82, 2.24) is 19.6 Å². The van der Waals surface area contributed by atoms with Crippen molar-refractivity contribution >= 4 is 86.1 Å². The van der Waals surface area contributed by atoms with Gasteiger partial charge in [0.15, 0.2) is 10.1 Å². The summed E-state index contributed by atoms with van der Waals surface area (Å²) in [5, 5.41) is 21.8. The van der Waals surface area contributed by atoms with Gasteiger partial charge >= 0.3 is 5.91 Å². The molecule has 1 N–H and O–H groups in total. The zero-order chi connectivity index (χ0) is 28.8. The van der Waals surface area contributed by atoms with Crippen LogP contribution in [0.15, 0.2) is 76.8 Å². The van der Waals surface area contributed by atoms with Gasteiger partial charge in [-0.2, -0.15) is 0 Å². The second-order valence-corrected chi connectivity index (χ2v) is 12.5. The monoisotopic (exact) mass is 641 g/mol. The first-order valence-electron chi connectivity index (χ1n) is 12.1. The zero-order valence-corrected chi connectivity index (χ0v) is 25.0. The number of imidazole rings is 1. The second kappa shape index (κ2) is 11.1. The van der Waals surface area contributed by atoms with Gasteiger partial charge < -0.3 is 5.11 Å². The van der Waals surface area contributed by atoms with Gasteiger partial charge in [-0.1, -0.05) is 82.2 Å². The Bertz CT molecular complexity index is 1890. The minimum Gasteiger partial charge on any atom is -0.505 e. The third kappa shape index (κ3) is 5.11. The van der Waals surface area contributed by atoms with Crippen LogP contribution >= 0.6 is 57.9 Å². The number of nitrogens with zero attached hydrogens (tertiary/aromatic N) is 5. The second-order valence-electron chi connectivity index (χ2n) is 9.07. The zero-order valence-electron chi connectivity index (χ0n) is 21.1. The first-order valence-corrected chi connectivity index (χ1v) is 15.1. The van der Waals surface area contributed by atoms with Crippen molar-refractivity contribution in [3.8, 4) is 0 Å². The molecule has 13 heteroatoms. The highest BCUT2D eigenvalue weighted by Crippen LogP contribution is 2.45. The molecule has 1 amide bonds. The highest BCUT2D eigenvalue weighted by atomic mass is 35.5. The van der Waals surface area contributed by atoms with Crippen LogP contribution in [0.2, 0.25) is 15.1 Å². The minimum atomic E-state index is -1.00. The number of halogens is 3. The smallest absolute Gasteiger partial charge is 0.301 e. The van der Waals surface area contributed by atoms with Crippen LogP contribution in [0, 0.1) is 6.92 Å². The van der Waals surface area contributed by atoms with Crippen molar-refractivity contribution in [2.24, 2.45) is 0 Å². The summed E-state index contributed by atoms with van der Waals surface area (Å²) in [5.74, 6) is -1.54. The standard InChI is InChI=1S/C28H18Cl3N5O3S2/c1-14-22(35-10-3-2-7-20(35)32-14)24(37)21-23(15-5-4-6-17(29)11-15)36(26(39)25(21)38)27-33-34-28(41-27)40-13-16-8-9-18(30)12-19(16)31/h2-12,23,37H,13H2,1H3. The Hall–Kier alpha value is -3.41. The van der Waals surface area contributed by atoms with E-state index in [0.717, 1.165) is 16.9 Å². The van der Waals surface area contributed by atoms with Crippen molar-refractivity contribution in [2.75, 3.05) is 4.90 Å². The lowest BCUT2D eigenvalue weighted by Crippen LogP contribution is -2.29. The van der Waals surface area contributed by atoms with Crippen molar-refractivity contribution in [3.63, 3.8) is 0 Å². The molecule has 1 fully saturated rings. The summed E-state index contributed by atoms with van der Waals surface area (Å²) in [6.07, 6.45) is 1.73. The largest absolute Gasteiger partial charge is 0.505 e. The van der Waals surface area contributed by atoms with Gasteiger partial charge in [-0.25, -0.2) is 4.98 Å². The van der Waals surface area contributed by atoms with Gasteiger partial charge in [0, 0.05) is 27.0 Å². The van der Waals surface area contributed by atoms with E-state index in [1.165, 1.54) is 16.7 Å². The quantitative estimate of drug-likeness (QED) is 0.0678. The molecule has 1 aliphatic heterocycles. The maximum Gasteiger partial charge on any atom is 0.301 e. The molecule has 0 bridgehead atoms. The van der Waals surface area contributed by atoms with Crippen LogP contribution in [-0.2, 0) is 15.3 Å². The number of Topliss-reactive ketones (excluding diaryl/α,β-unsaturated/α-hetero) is 1. The highest BCUT2D eigenvalue weighted by Gasteiger charge is 2.49. The molecule has 0 saturated carbocycles. The third-order valence-corrected chi connectivity index (χ3v) is 9.43. The molecule has 8 nitrogen and oxygen atoms in total. The average molecular weight is 643 g/mol. The van der Waals surface area contributed by atoms with Crippen LogP contribution in [0.25, 0.3) is 11.4 Å². The Kier molecular flexibility index (Phi) is 7.52. The highest BCUT2D eigenvalue weighted by molar-refractivity contribution is 8.00. The molecule has 4 heterocycles. The summed E-state index contributed by atoms with van der Waals surface area (Å²) in [6, 6.07) is 16.4. The number of ketones is 1. The molecule has 1 atom stereocenters. The molecular weight excluding hydrogens is 625 g/mol. The SMILES string of the molecule is Cc1nc2ccccn2c1C(O)=C1C(=O)C(=O)N(c2nnc(SCc3ccc(Cl)cc3Cl)s2)C1c1cccc(Cl)c1. The number of hydrogen-bond acceptors (Lipinski definition) is 8. The topological polar surface area (TPSA) is 101 Å². The molecule has 1 saturated heterocycles. The normalized spacial score (nSPS) is 16.7. The lowest BCUT2D eigenvalue weighted by Gasteiger charge is -2.22. The molecule has 3 aromatic heterocycles. The number of hydrogen-bond donors (Lipinski definition) is 1. The Labute approximate surface area is 257 Å². The lowest BCUT2D eigenvalue weighted by molar-refractivity contribution is -0.132. The molecule has 2 aromatic carbocycles. The first-order chi connectivity index (χ1) is 19.7. The van der Waals surface area contributed by atoms with Gasteiger partial charge in [0.1, 0.15) is 11.3 Å². The van der Waals surface area contributed by atoms with E-state index in [1.54, 1.807) is 66.1 Å². The van der Waals surface area contributed by atoms with Crippen LogP contribution in [0.5, 0.6) is 0 Å². The average Bonchev–Trinajstić information content (AvgIpc) is 3.61. The Balaban J connectivity index is 1.43. The maximum absolute atomic E-state index is 13.6. The molecule has 1 unspecified atom stereocenters. The van der Waals surface area contributed by atoms with Crippen molar-refractivity contribution < 1.29 is 14.7 Å². The van der Waals surface area contributed by atoms with E-state index < -0.39 is 17.7 Å². The lowest BCUT2D eigenvalue weighted by atomic mass is 9.96. The van der Waals surface area contributed by atoms with Gasteiger partial charge in [-0.3, -0.25) is 18.9 Å². The number of anilines is 1. The third-order valence-electron chi connectivity index (χ3n) is 6.51. The summed E-state index contributed by atoms with van der Waals surface area (Å²) in [7, 11) is 0. The molecule has 0 spiro atoms. The van der Waals surface area contributed by atoms with Gasteiger partial charge in [0.05, 0.1) is 17.3 Å². The van der Waals surface area contributed by atoms with E-state index >= 15 is 0 Å². The Morgan fingerprint density at radius 2 is 1.83 bits per heavy atom. The maximum atomic E-state index is 13.6. The fourth-order valence-corrected chi connectivity index (χ4v) is 7.31. The number of fused-ring (bicyclic) bond motifs is 1. The summed E-state index contributed by atoms with van der Waals surface area (Å²) in [6.45, 7) is 1.73. The van der Waals surface area contributed by atoms with Gasteiger partial charge in [0.25, 0.3) is 5.78 Å². The minimum absolute atomic E-state index is 0.0941. The van der Waals surface area contributed by atoms with Crippen LogP contribution in [0.4, 0.5) is 5.13 Å². The van der Waals surface area contributed by atoms with Crippen molar-refractivity contribution in [1.29, 1.82) is 0 Å². The van der Waals surface area contributed by atoms with E-state index in [1.807, 2.05) is 12.1 Å². The first kappa shape index (κ1) is 27.7. The summed E-state index contributed by atoms with van der Waals surface area (Å²) in [4.78, 5) is 32.9. The molecule has 206 valence electrons. The summed E-state index contributed by atoms with van der Waals surface area (Å²) in [5.41, 5.74) is 2.71. The number of thioether (sulfide) groups is 1. The van der Waals surface area contributed by atoms with Crippen LogP contribution in [0.1, 0.15) is 28.6 Å². The van der Waals surface area contributed by atoms with Crippen LogP contribution in [-0.4, -0.2) is 36.4 Å².